The van der Waals surface area contributed by atoms with Gasteiger partial charge in [-0.15, -0.1) is 0 Å². The number of thioether (sulfide) groups is 1. The largest absolute Gasteiger partial charge is 0.353 e. The zero-order chi connectivity index (χ0) is 19.7. The van der Waals surface area contributed by atoms with Gasteiger partial charge in [0.1, 0.15) is 5.84 Å². The molecule has 9 heteroatoms. The highest BCUT2D eigenvalue weighted by atomic mass is 35.5. The van der Waals surface area contributed by atoms with Gasteiger partial charge in [-0.1, -0.05) is 29.4 Å². The summed E-state index contributed by atoms with van der Waals surface area (Å²) in [7, 11) is 0. The van der Waals surface area contributed by atoms with E-state index in [1.807, 2.05) is 38.1 Å². The fraction of sp³-hybridized carbons (Fsp3) is 0.368. The second-order valence-corrected chi connectivity index (χ2v) is 8.27. The van der Waals surface area contributed by atoms with Crippen LogP contribution in [-0.2, 0) is 4.79 Å². The summed E-state index contributed by atoms with van der Waals surface area (Å²) in [6.07, 6.45) is 2.75. The Bertz CT molecular complexity index is 967. The van der Waals surface area contributed by atoms with Gasteiger partial charge < -0.3 is 10.2 Å². The maximum atomic E-state index is 12.1. The first-order valence-corrected chi connectivity index (χ1v) is 10.6. The summed E-state index contributed by atoms with van der Waals surface area (Å²) in [6, 6.07) is 7.61. The molecule has 1 aromatic carbocycles. The van der Waals surface area contributed by atoms with Gasteiger partial charge in [-0.3, -0.25) is 9.79 Å². The quantitative estimate of drug-likeness (QED) is 0.830. The molecule has 7 nitrogen and oxygen atoms in total. The van der Waals surface area contributed by atoms with Crippen molar-refractivity contribution in [3.05, 3.63) is 41.0 Å². The van der Waals surface area contributed by atoms with Gasteiger partial charge in [0.25, 0.3) is 0 Å². The second-order valence-electron chi connectivity index (χ2n) is 6.89. The van der Waals surface area contributed by atoms with Gasteiger partial charge in [0.05, 0.1) is 23.2 Å². The summed E-state index contributed by atoms with van der Waals surface area (Å²) in [6.45, 7) is 5.51. The van der Waals surface area contributed by atoms with E-state index >= 15 is 0 Å². The van der Waals surface area contributed by atoms with Crippen LogP contribution in [0.3, 0.4) is 0 Å². The summed E-state index contributed by atoms with van der Waals surface area (Å²) in [5.74, 6) is 1.89. The van der Waals surface area contributed by atoms with Gasteiger partial charge in [-0.05, 0) is 38.5 Å². The number of fused-ring (bicyclic) bond motifs is 3. The second kappa shape index (κ2) is 7.97. The van der Waals surface area contributed by atoms with Crippen LogP contribution in [0.4, 0.5) is 5.82 Å². The number of rotatable bonds is 4. The van der Waals surface area contributed by atoms with Gasteiger partial charge in [0, 0.05) is 24.2 Å². The monoisotopic (exact) mass is 416 g/mol. The lowest BCUT2D eigenvalue weighted by molar-refractivity contribution is -0.119. The van der Waals surface area contributed by atoms with E-state index < -0.39 is 0 Å². The molecule has 2 aliphatic heterocycles. The molecule has 1 amide bonds. The maximum absolute atomic E-state index is 12.1. The third-order valence-corrected chi connectivity index (χ3v) is 5.52. The Balaban J connectivity index is 1.69. The highest BCUT2D eigenvalue weighted by Crippen LogP contribution is 2.33. The predicted molar refractivity (Wildman–Crippen MR) is 114 cm³/mol. The molecule has 0 aliphatic carbocycles. The van der Waals surface area contributed by atoms with E-state index in [0.717, 1.165) is 41.8 Å². The van der Waals surface area contributed by atoms with E-state index in [9.17, 15) is 4.79 Å². The van der Waals surface area contributed by atoms with E-state index in [2.05, 4.69) is 15.3 Å². The molecule has 0 spiro atoms. The number of amidine groups is 2. The lowest BCUT2D eigenvalue weighted by Crippen LogP contribution is -2.42. The van der Waals surface area contributed by atoms with Crippen molar-refractivity contribution >= 4 is 46.1 Å². The fourth-order valence-electron chi connectivity index (χ4n) is 3.18. The molecule has 2 aliphatic rings. The van der Waals surface area contributed by atoms with Gasteiger partial charge in [0.2, 0.25) is 5.91 Å². The number of nitrogens with one attached hydrogen (secondary N) is 1. The van der Waals surface area contributed by atoms with E-state index in [4.69, 9.17) is 21.6 Å². The van der Waals surface area contributed by atoms with Gasteiger partial charge in [-0.2, -0.15) is 5.10 Å². The lowest BCUT2D eigenvalue weighted by atomic mass is 10.2. The first-order chi connectivity index (χ1) is 13.5. The number of amides is 1. The lowest BCUT2D eigenvalue weighted by Gasteiger charge is -2.32. The molecule has 2 aromatic rings. The van der Waals surface area contributed by atoms with Crippen molar-refractivity contribution in [3.63, 3.8) is 0 Å². The molecule has 1 N–H and O–H groups in total. The first-order valence-electron chi connectivity index (χ1n) is 9.20. The fourth-order valence-corrected chi connectivity index (χ4v) is 4.19. The number of hydrogen-bond donors (Lipinski definition) is 1. The number of halogens is 1. The molecule has 0 atom stereocenters. The molecule has 0 bridgehead atoms. The zero-order valence-electron chi connectivity index (χ0n) is 15.7. The normalized spacial score (nSPS) is 15.6. The summed E-state index contributed by atoms with van der Waals surface area (Å²) in [5.41, 5.74) is 1.74. The number of aliphatic imine (C=N–C) groups is 2. The van der Waals surface area contributed by atoms with Crippen LogP contribution in [0.5, 0.6) is 0 Å². The maximum Gasteiger partial charge on any atom is 0.230 e. The van der Waals surface area contributed by atoms with Crippen molar-refractivity contribution < 1.29 is 4.79 Å². The van der Waals surface area contributed by atoms with Crippen molar-refractivity contribution in [1.82, 2.24) is 20.0 Å². The summed E-state index contributed by atoms with van der Waals surface area (Å²) >= 11 is 7.58. The van der Waals surface area contributed by atoms with Crippen molar-refractivity contribution in [3.8, 4) is 5.69 Å². The third kappa shape index (κ3) is 3.79. The van der Waals surface area contributed by atoms with Gasteiger partial charge in [-0.25, -0.2) is 9.67 Å². The Labute approximate surface area is 172 Å². The minimum atomic E-state index is -0.00709. The molecule has 1 aromatic heterocycles. The van der Waals surface area contributed by atoms with E-state index in [-0.39, 0.29) is 11.9 Å². The summed E-state index contributed by atoms with van der Waals surface area (Å²) in [5, 5.41) is 8.85. The van der Waals surface area contributed by atoms with Crippen LogP contribution in [0, 0.1) is 0 Å². The van der Waals surface area contributed by atoms with Crippen molar-refractivity contribution in [2.75, 3.05) is 18.8 Å². The summed E-state index contributed by atoms with van der Waals surface area (Å²) in [4.78, 5) is 23.8. The van der Waals surface area contributed by atoms with Crippen molar-refractivity contribution in [2.45, 2.75) is 26.3 Å². The van der Waals surface area contributed by atoms with Crippen molar-refractivity contribution in [1.29, 1.82) is 0 Å². The Morgan fingerprint density at radius 1 is 1.39 bits per heavy atom. The van der Waals surface area contributed by atoms with E-state index in [0.29, 0.717) is 16.6 Å². The third-order valence-electron chi connectivity index (χ3n) is 4.31. The molecular weight excluding hydrogens is 396 g/mol. The highest BCUT2D eigenvalue weighted by molar-refractivity contribution is 8.14. The number of carbonyl (C=O) groups excluding carboxylic acids is 1. The molecule has 0 fully saturated rings. The first kappa shape index (κ1) is 19.0. The smallest absolute Gasteiger partial charge is 0.230 e. The number of nitrogens with zero attached hydrogens (tertiary/aromatic N) is 5. The SMILES string of the molecule is CC(C)NC(=O)CSC1=Nc2c(cnn2-c2cccc(Cl)c2)C2=NCCCN12. The molecule has 28 heavy (non-hydrogen) atoms. The highest BCUT2D eigenvalue weighted by Gasteiger charge is 2.31. The molecule has 0 unspecified atom stereocenters. The molecule has 4 rings (SSSR count). The molecule has 3 heterocycles. The van der Waals surface area contributed by atoms with Crippen LogP contribution >= 0.6 is 23.4 Å². The number of carbonyl (C=O) groups is 1. The number of hydrogen-bond acceptors (Lipinski definition) is 6. The Morgan fingerprint density at radius 3 is 3.04 bits per heavy atom. The van der Waals surface area contributed by atoms with E-state index in [1.54, 1.807) is 10.9 Å². The number of aromatic nitrogens is 2. The predicted octanol–water partition coefficient (Wildman–Crippen LogP) is 3.24. The van der Waals surface area contributed by atoms with Crippen LogP contribution in [0.25, 0.3) is 5.69 Å². The molecular formula is C19H21ClN6OS. The van der Waals surface area contributed by atoms with Crippen LogP contribution in [-0.4, -0.2) is 56.5 Å². The molecule has 0 saturated carbocycles. The Kier molecular flexibility index (Phi) is 5.41. The minimum Gasteiger partial charge on any atom is -0.353 e. The molecule has 146 valence electrons. The van der Waals surface area contributed by atoms with Gasteiger partial charge >= 0.3 is 0 Å². The van der Waals surface area contributed by atoms with E-state index in [1.165, 1.54) is 11.8 Å². The molecule has 0 radical (unpaired) electrons. The Hall–Kier alpha value is -2.32. The van der Waals surface area contributed by atoms with Crippen LogP contribution in [0.15, 0.2) is 40.4 Å². The Morgan fingerprint density at radius 2 is 2.25 bits per heavy atom. The van der Waals surface area contributed by atoms with Gasteiger partial charge in [0.15, 0.2) is 11.0 Å². The average molecular weight is 417 g/mol. The summed E-state index contributed by atoms with van der Waals surface area (Å²) < 4.78 is 1.77. The van der Waals surface area contributed by atoms with Crippen molar-refractivity contribution in [2.24, 2.45) is 9.98 Å². The minimum absolute atomic E-state index is 0.00709. The standard InChI is InChI=1S/C19H21ClN6OS/c1-12(2)23-16(27)11-28-19-24-18-15(17-21-7-4-8-25(17)19)10-22-26(18)14-6-3-5-13(20)9-14/h3,5-6,9-10,12H,4,7-8,11H2,1-2H3,(H,23,27). The van der Waals surface area contributed by atoms with Crippen LogP contribution < -0.4 is 5.32 Å². The topological polar surface area (TPSA) is 74.9 Å². The van der Waals surface area contributed by atoms with Crippen LogP contribution in [0.2, 0.25) is 5.02 Å². The number of benzene rings is 1. The zero-order valence-corrected chi connectivity index (χ0v) is 17.3. The van der Waals surface area contributed by atoms with Crippen LogP contribution in [0.1, 0.15) is 25.8 Å². The average Bonchev–Trinajstić information content (AvgIpc) is 3.09. The molecule has 0 saturated heterocycles.